The number of ether oxygens (including phenoxy) is 1. The molecule has 2 heterocycles. The molecule has 5 nitrogen and oxygen atoms in total. The molecular formula is C19H26N4O. The van der Waals surface area contributed by atoms with Gasteiger partial charge in [0.15, 0.2) is 6.29 Å². The van der Waals surface area contributed by atoms with E-state index in [1.807, 2.05) is 0 Å². The van der Waals surface area contributed by atoms with Gasteiger partial charge in [-0.25, -0.2) is 9.98 Å². The summed E-state index contributed by atoms with van der Waals surface area (Å²) < 4.78 is 6.30. The van der Waals surface area contributed by atoms with Crippen molar-refractivity contribution in [3.05, 3.63) is 35.5 Å². The van der Waals surface area contributed by atoms with E-state index in [1.54, 1.807) is 0 Å². The Hall–Kier alpha value is -1.72. The normalized spacial score (nSPS) is 31.1. The van der Waals surface area contributed by atoms with Gasteiger partial charge >= 0.3 is 0 Å². The highest BCUT2D eigenvalue weighted by atomic mass is 16.5. The van der Waals surface area contributed by atoms with Crippen LogP contribution in [0.4, 0.5) is 0 Å². The van der Waals surface area contributed by atoms with E-state index in [0.717, 1.165) is 56.5 Å². The van der Waals surface area contributed by atoms with E-state index < -0.39 is 6.29 Å². The van der Waals surface area contributed by atoms with Gasteiger partial charge < -0.3 is 9.64 Å². The van der Waals surface area contributed by atoms with Crippen LogP contribution in [0.3, 0.4) is 0 Å². The number of hydrogen-bond acceptors (Lipinski definition) is 5. The number of rotatable bonds is 1. The minimum atomic E-state index is -0.552. The smallest absolute Gasteiger partial charge is 0.221 e. The maximum atomic E-state index is 6.30. The van der Waals surface area contributed by atoms with Crippen molar-refractivity contribution in [3.8, 4) is 0 Å². The molecule has 0 spiro atoms. The molecule has 0 amide bonds. The Morgan fingerprint density at radius 3 is 2.88 bits per heavy atom. The highest BCUT2D eigenvalue weighted by Crippen LogP contribution is 2.34. The molecule has 2 atom stereocenters. The molecule has 0 radical (unpaired) electrons. The monoisotopic (exact) mass is 326 g/mol. The van der Waals surface area contributed by atoms with Crippen LogP contribution < -0.4 is 5.73 Å². The molecule has 0 aromatic heterocycles. The van der Waals surface area contributed by atoms with Crippen LogP contribution in [0.2, 0.25) is 0 Å². The number of piperidine rings is 1. The van der Waals surface area contributed by atoms with Crippen molar-refractivity contribution in [2.45, 2.75) is 44.5 Å². The van der Waals surface area contributed by atoms with E-state index in [2.05, 4.69) is 46.2 Å². The van der Waals surface area contributed by atoms with Gasteiger partial charge in [-0.3, -0.25) is 5.73 Å². The largest absolute Gasteiger partial charge is 0.474 e. The lowest BCUT2D eigenvalue weighted by Gasteiger charge is -2.31. The van der Waals surface area contributed by atoms with Crippen molar-refractivity contribution in [2.24, 2.45) is 21.6 Å². The molecule has 24 heavy (non-hydrogen) atoms. The standard InChI is InChI=1S/C19H26N4O/c1-23-11-9-14(10-12-23)24-18-16-8-4-6-13-5-2-3-7-15(13)17(16)21-19(20)22-18/h2-3,7-8,13-14,19H,4-6,9-12,20H2,1H3. The summed E-state index contributed by atoms with van der Waals surface area (Å²) in [5, 5.41) is 0. The summed E-state index contributed by atoms with van der Waals surface area (Å²) in [6, 6.07) is 0. The number of nitrogens with two attached hydrogens (primary N) is 1. The Morgan fingerprint density at radius 1 is 1.21 bits per heavy atom. The average molecular weight is 326 g/mol. The molecular weight excluding hydrogens is 300 g/mol. The van der Waals surface area contributed by atoms with Crippen molar-refractivity contribution in [1.82, 2.24) is 4.90 Å². The SMILES string of the molecule is CN1CCC(OC2=NC(N)N=C3C2=CCCC2CC=CC=C32)CC1. The van der Waals surface area contributed by atoms with E-state index in [-0.39, 0.29) is 6.10 Å². The van der Waals surface area contributed by atoms with Crippen LogP contribution >= 0.6 is 0 Å². The average Bonchev–Trinajstić information content (AvgIpc) is 2.77. The molecule has 2 unspecified atom stereocenters. The van der Waals surface area contributed by atoms with Crippen LogP contribution in [-0.2, 0) is 4.74 Å². The Kier molecular flexibility index (Phi) is 4.37. The molecule has 0 aromatic carbocycles. The van der Waals surface area contributed by atoms with E-state index in [1.165, 1.54) is 5.57 Å². The molecule has 2 N–H and O–H groups in total. The zero-order valence-electron chi connectivity index (χ0n) is 14.3. The molecule has 2 aliphatic heterocycles. The number of nitrogens with zero attached hydrogens (tertiary/aromatic N) is 3. The van der Waals surface area contributed by atoms with Gasteiger partial charge in [-0.15, -0.1) is 0 Å². The van der Waals surface area contributed by atoms with Crippen LogP contribution in [0.25, 0.3) is 0 Å². The quantitative estimate of drug-likeness (QED) is 0.805. The summed E-state index contributed by atoms with van der Waals surface area (Å²) in [7, 11) is 2.16. The molecule has 128 valence electrons. The molecule has 4 aliphatic rings. The molecule has 0 aromatic rings. The number of allylic oxidation sites excluding steroid dienone is 5. The molecule has 0 bridgehead atoms. The van der Waals surface area contributed by atoms with Gasteiger partial charge in [0, 0.05) is 13.1 Å². The first-order valence-corrected chi connectivity index (χ1v) is 9.05. The Morgan fingerprint density at radius 2 is 2.04 bits per heavy atom. The van der Waals surface area contributed by atoms with Crippen molar-refractivity contribution in [2.75, 3.05) is 20.1 Å². The summed E-state index contributed by atoms with van der Waals surface area (Å²) in [5.41, 5.74) is 9.46. The van der Waals surface area contributed by atoms with Gasteiger partial charge in [-0.2, -0.15) is 0 Å². The lowest BCUT2D eigenvalue weighted by atomic mass is 9.85. The first-order valence-electron chi connectivity index (χ1n) is 9.05. The minimum Gasteiger partial charge on any atom is -0.474 e. The van der Waals surface area contributed by atoms with E-state index in [9.17, 15) is 0 Å². The van der Waals surface area contributed by atoms with Crippen molar-refractivity contribution in [3.63, 3.8) is 0 Å². The maximum Gasteiger partial charge on any atom is 0.221 e. The summed E-state index contributed by atoms with van der Waals surface area (Å²) >= 11 is 0. The Labute approximate surface area is 143 Å². The van der Waals surface area contributed by atoms with Gasteiger partial charge in [0.1, 0.15) is 6.10 Å². The third-order valence-electron chi connectivity index (χ3n) is 5.35. The topological polar surface area (TPSA) is 63.2 Å². The second kappa shape index (κ2) is 6.65. The zero-order valence-corrected chi connectivity index (χ0v) is 14.3. The highest BCUT2D eigenvalue weighted by Gasteiger charge is 2.32. The number of likely N-dealkylation sites (tertiary alicyclic amines) is 1. The first kappa shape index (κ1) is 15.8. The summed E-state index contributed by atoms with van der Waals surface area (Å²) in [6.07, 6.45) is 13.8. The fraction of sp³-hybridized carbons (Fsp3) is 0.579. The molecule has 1 fully saturated rings. The number of fused-ring (bicyclic) bond motifs is 3. The fourth-order valence-corrected chi connectivity index (χ4v) is 3.94. The van der Waals surface area contributed by atoms with Gasteiger partial charge in [-0.05, 0) is 50.6 Å². The highest BCUT2D eigenvalue weighted by molar-refractivity contribution is 6.29. The number of aliphatic imine (C=N–C) groups is 2. The predicted molar refractivity (Wildman–Crippen MR) is 97.1 cm³/mol. The summed E-state index contributed by atoms with van der Waals surface area (Å²) in [4.78, 5) is 11.5. The van der Waals surface area contributed by atoms with Crippen molar-refractivity contribution >= 4 is 11.6 Å². The molecule has 5 heteroatoms. The summed E-state index contributed by atoms with van der Waals surface area (Å²) in [5.74, 6) is 1.25. The maximum absolute atomic E-state index is 6.30. The Balaban J connectivity index is 1.59. The van der Waals surface area contributed by atoms with Crippen LogP contribution in [0.15, 0.2) is 45.4 Å². The second-order valence-corrected chi connectivity index (χ2v) is 7.12. The van der Waals surface area contributed by atoms with E-state index in [4.69, 9.17) is 10.5 Å². The second-order valence-electron chi connectivity index (χ2n) is 7.12. The summed E-state index contributed by atoms with van der Waals surface area (Å²) in [6.45, 7) is 2.14. The van der Waals surface area contributed by atoms with Gasteiger partial charge in [0.05, 0.1) is 11.3 Å². The van der Waals surface area contributed by atoms with Gasteiger partial charge in [-0.1, -0.05) is 24.3 Å². The van der Waals surface area contributed by atoms with Crippen LogP contribution in [0.5, 0.6) is 0 Å². The van der Waals surface area contributed by atoms with Crippen LogP contribution in [0.1, 0.15) is 32.1 Å². The van der Waals surface area contributed by atoms with Gasteiger partial charge in [0.25, 0.3) is 0 Å². The molecule has 1 saturated heterocycles. The van der Waals surface area contributed by atoms with Crippen molar-refractivity contribution in [1.29, 1.82) is 0 Å². The van der Waals surface area contributed by atoms with Gasteiger partial charge in [0.2, 0.25) is 5.90 Å². The van der Waals surface area contributed by atoms with E-state index in [0.29, 0.717) is 11.8 Å². The lowest BCUT2D eigenvalue weighted by molar-refractivity contribution is 0.104. The third-order valence-corrected chi connectivity index (χ3v) is 5.35. The van der Waals surface area contributed by atoms with E-state index >= 15 is 0 Å². The zero-order chi connectivity index (χ0) is 16.5. The third kappa shape index (κ3) is 3.10. The lowest BCUT2D eigenvalue weighted by Crippen LogP contribution is -2.38. The van der Waals surface area contributed by atoms with Crippen LogP contribution in [-0.4, -0.2) is 49.0 Å². The molecule has 0 saturated carbocycles. The predicted octanol–water partition coefficient (Wildman–Crippen LogP) is 2.42. The number of hydrogen-bond donors (Lipinski definition) is 1. The first-order chi connectivity index (χ1) is 11.7. The van der Waals surface area contributed by atoms with Crippen LogP contribution in [0, 0.1) is 5.92 Å². The fourth-order valence-electron chi connectivity index (χ4n) is 3.94. The molecule has 2 aliphatic carbocycles. The van der Waals surface area contributed by atoms with Crippen molar-refractivity contribution < 1.29 is 4.74 Å². The molecule has 4 rings (SSSR count). The minimum absolute atomic E-state index is 0.228. The Bertz CT molecular complexity index is 650.